The molecule has 1 aliphatic rings. The second kappa shape index (κ2) is 3.73. The van der Waals surface area contributed by atoms with Gasteiger partial charge in [0.05, 0.1) is 11.7 Å². The van der Waals surface area contributed by atoms with Crippen molar-refractivity contribution in [2.45, 2.75) is 44.3 Å². The summed E-state index contributed by atoms with van der Waals surface area (Å²) in [5.74, 6) is 0.374. The van der Waals surface area contributed by atoms with Gasteiger partial charge in [0.15, 0.2) is 0 Å². The summed E-state index contributed by atoms with van der Waals surface area (Å²) in [6, 6.07) is 0. The Morgan fingerprint density at radius 3 is 2.50 bits per heavy atom. The third-order valence-electron chi connectivity index (χ3n) is 2.91. The van der Waals surface area contributed by atoms with Crippen LogP contribution >= 0.6 is 0 Å². The van der Waals surface area contributed by atoms with E-state index in [1.807, 2.05) is 0 Å². The molecule has 1 saturated carbocycles. The number of hydrogen-bond donors (Lipinski definition) is 3. The van der Waals surface area contributed by atoms with E-state index in [9.17, 15) is 10.2 Å². The molecule has 0 bridgehead atoms. The van der Waals surface area contributed by atoms with Crippen LogP contribution in [-0.4, -0.2) is 28.5 Å². The van der Waals surface area contributed by atoms with Gasteiger partial charge in [0.2, 0.25) is 0 Å². The minimum atomic E-state index is -0.711. The predicted molar refractivity (Wildman–Crippen MR) is 47.6 cm³/mol. The molecule has 4 N–H and O–H groups in total. The molecular formula is C9H19NO2. The van der Waals surface area contributed by atoms with Gasteiger partial charge in [-0.25, -0.2) is 0 Å². The van der Waals surface area contributed by atoms with Crippen LogP contribution in [0.4, 0.5) is 0 Å². The van der Waals surface area contributed by atoms with Gasteiger partial charge in [-0.3, -0.25) is 0 Å². The minimum absolute atomic E-state index is 0.239. The molecule has 1 aliphatic carbocycles. The van der Waals surface area contributed by atoms with Crippen LogP contribution in [-0.2, 0) is 0 Å². The summed E-state index contributed by atoms with van der Waals surface area (Å²) in [7, 11) is 0. The van der Waals surface area contributed by atoms with Gasteiger partial charge in [-0.15, -0.1) is 0 Å². The van der Waals surface area contributed by atoms with Crippen LogP contribution in [0.25, 0.3) is 0 Å². The molecule has 0 unspecified atom stereocenters. The Morgan fingerprint density at radius 1 is 1.58 bits per heavy atom. The Kier molecular flexibility index (Phi) is 3.09. The van der Waals surface area contributed by atoms with Gasteiger partial charge in [0, 0.05) is 13.0 Å². The molecule has 0 heterocycles. The Labute approximate surface area is 73.6 Å². The van der Waals surface area contributed by atoms with E-state index in [1.54, 1.807) is 6.92 Å². The zero-order valence-electron chi connectivity index (χ0n) is 7.66. The molecule has 1 rings (SSSR count). The van der Waals surface area contributed by atoms with Crippen LogP contribution in [0, 0.1) is 5.92 Å². The first-order chi connectivity index (χ1) is 5.56. The largest absolute Gasteiger partial charge is 0.392 e. The number of nitrogens with two attached hydrogens (primary N) is 1. The quantitative estimate of drug-likeness (QED) is 0.571. The average molecular weight is 173 g/mol. The highest BCUT2D eigenvalue weighted by Crippen LogP contribution is 2.38. The van der Waals surface area contributed by atoms with E-state index in [-0.39, 0.29) is 6.54 Å². The van der Waals surface area contributed by atoms with Crippen molar-refractivity contribution in [2.24, 2.45) is 11.7 Å². The molecule has 0 aromatic carbocycles. The molecule has 1 fully saturated rings. The lowest BCUT2D eigenvalue weighted by molar-refractivity contribution is -0.0654. The topological polar surface area (TPSA) is 66.5 Å². The molecule has 0 aliphatic heterocycles. The van der Waals surface area contributed by atoms with Crippen molar-refractivity contribution in [2.75, 3.05) is 6.54 Å². The van der Waals surface area contributed by atoms with Gasteiger partial charge in [0.1, 0.15) is 0 Å². The Balaban J connectivity index is 2.35. The van der Waals surface area contributed by atoms with Crippen molar-refractivity contribution in [3.05, 3.63) is 0 Å². The summed E-state index contributed by atoms with van der Waals surface area (Å²) in [5.41, 5.74) is 4.57. The Morgan fingerprint density at radius 2 is 2.17 bits per heavy atom. The van der Waals surface area contributed by atoms with Crippen LogP contribution < -0.4 is 5.73 Å². The third kappa shape index (κ3) is 2.19. The number of hydrogen-bond acceptors (Lipinski definition) is 3. The zero-order valence-corrected chi connectivity index (χ0v) is 7.66. The first-order valence-electron chi connectivity index (χ1n) is 4.67. The second-order valence-corrected chi connectivity index (χ2v) is 4.08. The summed E-state index contributed by atoms with van der Waals surface area (Å²) < 4.78 is 0. The van der Waals surface area contributed by atoms with E-state index in [0.717, 1.165) is 12.8 Å². The predicted octanol–water partition coefficient (Wildman–Crippen LogP) is 0.247. The highest BCUT2D eigenvalue weighted by Gasteiger charge is 2.37. The van der Waals surface area contributed by atoms with Crippen molar-refractivity contribution in [3.63, 3.8) is 0 Å². The van der Waals surface area contributed by atoms with Crippen molar-refractivity contribution in [3.8, 4) is 0 Å². The molecule has 0 aromatic rings. The molecule has 3 nitrogen and oxygen atoms in total. The number of aliphatic hydroxyl groups is 2. The first-order valence-corrected chi connectivity index (χ1v) is 4.67. The molecule has 12 heavy (non-hydrogen) atoms. The van der Waals surface area contributed by atoms with Crippen LogP contribution in [0.3, 0.4) is 0 Å². The third-order valence-corrected chi connectivity index (χ3v) is 2.91. The maximum atomic E-state index is 9.92. The van der Waals surface area contributed by atoms with Crippen LogP contribution in [0.15, 0.2) is 0 Å². The van der Waals surface area contributed by atoms with Crippen molar-refractivity contribution in [1.29, 1.82) is 0 Å². The lowest BCUT2D eigenvalue weighted by Gasteiger charge is -2.39. The van der Waals surface area contributed by atoms with Crippen LogP contribution in [0.2, 0.25) is 0 Å². The Hall–Kier alpha value is -0.120. The highest BCUT2D eigenvalue weighted by atomic mass is 16.3. The smallest absolute Gasteiger partial charge is 0.0689 e. The molecule has 0 saturated heterocycles. The van der Waals surface area contributed by atoms with Crippen molar-refractivity contribution >= 4 is 0 Å². The fourth-order valence-corrected chi connectivity index (χ4v) is 1.76. The van der Waals surface area contributed by atoms with E-state index in [0.29, 0.717) is 12.3 Å². The van der Waals surface area contributed by atoms with Gasteiger partial charge in [-0.2, -0.15) is 0 Å². The standard InChI is InChI=1S/C9H19NO2/c1-9(12,5-8(11)6-10)7-3-2-4-7/h7-8,11-12H,2-6,10H2,1H3/t8-,9+/m1/s1. The van der Waals surface area contributed by atoms with E-state index in [1.165, 1.54) is 6.42 Å². The molecule has 0 amide bonds. The van der Waals surface area contributed by atoms with Gasteiger partial charge in [0.25, 0.3) is 0 Å². The lowest BCUT2D eigenvalue weighted by Crippen LogP contribution is -2.43. The molecule has 3 heteroatoms. The van der Waals surface area contributed by atoms with Crippen LogP contribution in [0.5, 0.6) is 0 Å². The van der Waals surface area contributed by atoms with Crippen molar-refractivity contribution < 1.29 is 10.2 Å². The highest BCUT2D eigenvalue weighted by molar-refractivity contribution is 4.89. The number of rotatable bonds is 4. The fraction of sp³-hybridized carbons (Fsp3) is 1.00. The van der Waals surface area contributed by atoms with E-state index >= 15 is 0 Å². The first kappa shape index (κ1) is 9.96. The SMILES string of the molecule is C[C@](O)(C[C@@H](O)CN)C1CCC1. The van der Waals surface area contributed by atoms with Crippen molar-refractivity contribution in [1.82, 2.24) is 0 Å². The summed E-state index contributed by atoms with van der Waals surface area (Å²) in [6.45, 7) is 2.04. The van der Waals surface area contributed by atoms with E-state index in [2.05, 4.69) is 0 Å². The van der Waals surface area contributed by atoms with Gasteiger partial charge in [-0.05, 0) is 25.7 Å². The number of aliphatic hydroxyl groups excluding tert-OH is 1. The van der Waals surface area contributed by atoms with Gasteiger partial charge >= 0.3 is 0 Å². The second-order valence-electron chi connectivity index (χ2n) is 4.08. The molecular weight excluding hydrogens is 154 g/mol. The molecule has 2 atom stereocenters. The molecule has 0 spiro atoms. The van der Waals surface area contributed by atoms with Gasteiger partial charge < -0.3 is 15.9 Å². The fourth-order valence-electron chi connectivity index (χ4n) is 1.76. The monoisotopic (exact) mass is 173 g/mol. The molecule has 0 radical (unpaired) electrons. The lowest BCUT2D eigenvalue weighted by atomic mass is 9.71. The maximum Gasteiger partial charge on any atom is 0.0689 e. The summed E-state index contributed by atoms with van der Waals surface area (Å²) in [4.78, 5) is 0. The normalized spacial score (nSPS) is 26.0. The summed E-state index contributed by atoms with van der Waals surface area (Å²) in [5, 5.41) is 19.2. The van der Waals surface area contributed by atoms with E-state index in [4.69, 9.17) is 5.73 Å². The summed E-state index contributed by atoms with van der Waals surface area (Å²) >= 11 is 0. The Bertz CT molecular complexity index is 143. The van der Waals surface area contributed by atoms with E-state index < -0.39 is 11.7 Å². The zero-order chi connectivity index (χ0) is 9.19. The molecule has 72 valence electrons. The average Bonchev–Trinajstić information content (AvgIpc) is 1.80. The van der Waals surface area contributed by atoms with Gasteiger partial charge in [-0.1, -0.05) is 6.42 Å². The summed E-state index contributed by atoms with van der Waals surface area (Å²) in [6.07, 6.45) is 3.24. The maximum absolute atomic E-state index is 9.92. The molecule has 0 aromatic heterocycles. The minimum Gasteiger partial charge on any atom is -0.392 e. The van der Waals surface area contributed by atoms with Crippen LogP contribution in [0.1, 0.15) is 32.6 Å².